The SMILES string of the molecule is C=C1CC[C@H](C)N1C/C=C/c1ccc2c(c1)c1n[nH]c(CCOC)c1c(=O)n2CC. The van der Waals surface area contributed by atoms with Gasteiger partial charge in [-0.1, -0.05) is 24.8 Å². The molecule has 1 aliphatic rings. The maximum atomic E-state index is 13.1. The molecule has 1 aromatic carbocycles. The molecule has 4 rings (SSSR count). The van der Waals surface area contributed by atoms with Gasteiger partial charge in [-0.05, 0) is 44.4 Å². The highest BCUT2D eigenvalue weighted by Gasteiger charge is 2.21. The number of allylic oxidation sites excluding steroid dienone is 1. The third-order valence-corrected chi connectivity index (χ3v) is 6.14. The van der Waals surface area contributed by atoms with Crippen molar-refractivity contribution in [1.82, 2.24) is 19.7 Å². The Morgan fingerprint density at radius 2 is 2.23 bits per heavy atom. The standard InChI is InChI=1S/C24H30N4O2/c1-5-27-21-11-10-18(7-6-13-28-16(2)8-9-17(28)3)15-19(21)23-22(24(27)29)20(25-26-23)12-14-30-4/h6-7,10-11,15,17H,2,5,8-9,12-14H2,1,3-4H3,(H,25,26)/b7-6+/t17-/m0/s1. The molecular formula is C24H30N4O2. The summed E-state index contributed by atoms with van der Waals surface area (Å²) in [6.45, 7) is 10.5. The summed E-state index contributed by atoms with van der Waals surface area (Å²) >= 11 is 0. The van der Waals surface area contributed by atoms with Crippen LogP contribution in [0.25, 0.3) is 27.9 Å². The van der Waals surface area contributed by atoms with Crippen LogP contribution < -0.4 is 5.56 Å². The Balaban J connectivity index is 1.74. The highest BCUT2D eigenvalue weighted by atomic mass is 16.5. The molecule has 1 aliphatic heterocycles. The number of nitrogens with one attached hydrogen (secondary N) is 1. The van der Waals surface area contributed by atoms with E-state index in [2.05, 4.69) is 52.9 Å². The number of likely N-dealkylation sites (tertiary alicyclic amines) is 1. The van der Waals surface area contributed by atoms with Crippen LogP contribution in [0.1, 0.15) is 37.9 Å². The smallest absolute Gasteiger partial charge is 0.262 e. The molecule has 1 fully saturated rings. The molecule has 1 saturated heterocycles. The lowest BCUT2D eigenvalue weighted by atomic mass is 10.1. The Morgan fingerprint density at radius 3 is 2.93 bits per heavy atom. The van der Waals surface area contributed by atoms with Gasteiger partial charge in [-0.2, -0.15) is 5.10 Å². The Labute approximate surface area is 176 Å². The predicted molar refractivity (Wildman–Crippen MR) is 123 cm³/mol. The van der Waals surface area contributed by atoms with E-state index in [9.17, 15) is 4.79 Å². The van der Waals surface area contributed by atoms with Crippen molar-refractivity contribution in [1.29, 1.82) is 0 Å². The Morgan fingerprint density at radius 1 is 1.40 bits per heavy atom. The van der Waals surface area contributed by atoms with Crippen LogP contribution >= 0.6 is 0 Å². The van der Waals surface area contributed by atoms with Crippen LogP contribution in [-0.4, -0.2) is 46.0 Å². The van der Waals surface area contributed by atoms with E-state index >= 15 is 0 Å². The maximum absolute atomic E-state index is 13.1. The molecule has 0 amide bonds. The number of hydrogen-bond donors (Lipinski definition) is 1. The molecule has 30 heavy (non-hydrogen) atoms. The third-order valence-electron chi connectivity index (χ3n) is 6.14. The van der Waals surface area contributed by atoms with Gasteiger partial charge in [0.2, 0.25) is 0 Å². The van der Waals surface area contributed by atoms with Crippen molar-refractivity contribution in [2.75, 3.05) is 20.3 Å². The average molecular weight is 407 g/mol. The number of aromatic nitrogens is 3. The van der Waals surface area contributed by atoms with Gasteiger partial charge < -0.3 is 14.2 Å². The molecule has 6 nitrogen and oxygen atoms in total. The van der Waals surface area contributed by atoms with Crippen molar-refractivity contribution < 1.29 is 4.74 Å². The highest BCUT2D eigenvalue weighted by molar-refractivity contribution is 6.04. The monoisotopic (exact) mass is 406 g/mol. The van der Waals surface area contributed by atoms with Gasteiger partial charge in [0.15, 0.2) is 0 Å². The molecule has 3 heterocycles. The summed E-state index contributed by atoms with van der Waals surface area (Å²) in [5, 5.41) is 9.23. The van der Waals surface area contributed by atoms with Gasteiger partial charge in [0.25, 0.3) is 5.56 Å². The molecular weight excluding hydrogens is 376 g/mol. The molecule has 158 valence electrons. The molecule has 1 N–H and O–H groups in total. The van der Waals surface area contributed by atoms with Gasteiger partial charge in [-0.15, -0.1) is 0 Å². The molecule has 1 atom stereocenters. The second-order valence-electron chi connectivity index (χ2n) is 8.00. The van der Waals surface area contributed by atoms with Crippen LogP contribution in [0.3, 0.4) is 0 Å². The zero-order chi connectivity index (χ0) is 21.3. The number of hydrogen-bond acceptors (Lipinski definition) is 4. The Kier molecular flexibility index (Phi) is 5.77. The summed E-state index contributed by atoms with van der Waals surface area (Å²) in [5.74, 6) is 0. The fourth-order valence-corrected chi connectivity index (χ4v) is 4.43. The van der Waals surface area contributed by atoms with E-state index in [1.165, 1.54) is 12.1 Å². The summed E-state index contributed by atoms with van der Waals surface area (Å²) in [6, 6.07) is 6.77. The Hall–Kier alpha value is -2.86. The van der Waals surface area contributed by atoms with Crippen molar-refractivity contribution in [3.63, 3.8) is 0 Å². The largest absolute Gasteiger partial charge is 0.384 e. The topological polar surface area (TPSA) is 63.2 Å². The summed E-state index contributed by atoms with van der Waals surface area (Å²) in [5.41, 5.74) is 4.82. The van der Waals surface area contributed by atoms with Crippen LogP contribution in [0.4, 0.5) is 0 Å². The van der Waals surface area contributed by atoms with Gasteiger partial charge in [-0.25, -0.2) is 0 Å². The molecule has 0 aliphatic carbocycles. The van der Waals surface area contributed by atoms with Gasteiger partial charge in [0.05, 0.1) is 23.2 Å². The fourth-order valence-electron chi connectivity index (χ4n) is 4.43. The van der Waals surface area contributed by atoms with E-state index in [1.807, 2.05) is 17.6 Å². The number of ether oxygens (including phenoxy) is 1. The first-order valence-corrected chi connectivity index (χ1v) is 10.7. The van der Waals surface area contributed by atoms with Crippen LogP contribution in [0.15, 0.2) is 41.3 Å². The predicted octanol–water partition coefficient (Wildman–Crippen LogP) is 4.10. The van der Waals surface area contributed by atoms with Crippen molar-refractivity contribution in [3.05, 3.63) is 58.2 Å². The Bertz CT molecular complexity index is 1170. The maximum Gasteiger partial charge on any atom is 0.262 e. The quantitative estimate of drug-likeness (QED) is 0.642. The number of aromatic amines is 1. The first kappa shape index (κ1) is 20.4. The second kappa shape index (κ2) is 8.48. The second-order valence-corrected chi connectivity index (χ2v) is 8.00. The molecule has 0 unspecified atom stereocenters. The number of fused-ring (bicyclic) bond motifs is 3. The lowest BCUT2D eigenvalue weighted by molar-refractivity contribution is 0.201. The molecule has 0 spiro atoms. The minimum absolute atomic E-state index is 0.00433. The molecule has 0 bridgehead atoms. The minimum atomic E-state index is 0.00433. The number of H-pyrrole nitrogens is 1. The number of nitrogens with zero attached hydrogens (tertiary/aromatic N) is 3. The van der Waals surface area contributed by atoms with Gasteiger partial charge in [0, 0.05) is 43.7 Å². The first-order chi connectivity index (χ1) is 14.5. The lowest BCUT2D eigenvalue weighted by Gasteiger charge is -2.22. The number of methoxy groups -OCH3 is 1. The highest BCUT2D eigenvalue weighted by Crippen LogP contribution is 2.27. The molecule has 2 aromatic heterocycles. The summed E-state index contributed by atoms with van der Waals surface area (Å²) in [4.78, 5) is 15.5. The van der Waals surface area contributed by atoms with Crippen LogP contribution in [0, 0.1) is 0 Å². The van der Waals surface area contributed by atoms with E-state index in [1.54, 1.807) is 7.11 Å². The van der Waals surface area contributed by atoms with Crippen LogP contribution in [0.2, 0.25) is 0 Å². The lowest BCUT2D eigenvalue weighted by Crippen LogP contribution is -2.25. The van der Waals surface area contributed by atoms with Crippen molar-refractivity contribution in [2.24, 2.45) is 0 Å². The van der Waals surface area contributed by atoms with Crippen molar-refractivity contribution >= 4 is 27.9 Å². The molecule has 0 saturated carbocycles. The summed E-state index contributed by atoms with van der Waals surface area (Å²) < 4.78 is 7.02. The first-order valence-electron chi connectivity index (χ1n) is 10.7. The van der Waals surface area contributed by atoms with Gasteiger partial charge >= 0.3 is 0 Å². The molecule has 6 heteroatoms. The molecule has 0 radical (unpaired) electrons. The zero-order valence-electron chi connectivity index (χ0n) is 18.1. The van der Waals surface area contributed by atoms with Crippen molar-refractivity contribution in [3.8, 4) is 0 Å². The number of rotatable bonds is 7. The number of benzene rings is 1. The van der Waals surface area contributed by atoms with Crippen LogP contribution in [0.5, 0.6) is 0 Å². The number of aryl methyl sites for hydroxylation is 1. The van der Waals surface area contributed by atoms with E-state index in [-0.39, 0.29) is 5.56 Å². The summed E-state index contributed by atoms with van der Waals surface area (Å²) in [7, 11) is 1.66. The molecule has 3 aromatic rings. The minimum Gasteiger partial charge on any atom is -0.384 e. The normalized spacial score (nSPS) is 17.2. The third kappa shape index (κ3) is 3.56. The van der Waals surface area contributed by atoms with Gasteiger partial charge in [-0.3, -0.25) is 9.89 Å². The summed E-state index contributed by atoms with van der Waals surface area (Å²) in [6.07, 6.45) is 7.23. The average Bonchev–Trinajstić information content (AvgIpc) is 3.31. The van der Waals surface area contributed by atoms with E-state index in [4.69, 9.17) is 4.74 Å². The van der Waals surface area contributed by atoms with E-state index in [0.29, 0.717) is 31.0 Å². The van der Waals surface area contributed by atoms with E-state index < -0.39 is 0 Å². The van der Waals surface area contributed by atoms with E-state index in [0.717, 1.165) is 40.6 Å². The van der Waals surface area contributed by atoms with Crippen LogP contribution in [-0.2, 0) is 17.7 Å². The van der Waals surface area contributed by atoms with Crippen molar-refractivity contribution in [2.45, 2.75) is 45.7 Å². The fraction of sp³-hybridized carbons (Fsp3) is 0.417. The van der Waals surface area contributed by atoms with Gasteiger partial charge in [0.1, 0.15) is 5.52 Å². The number of pyridine rings is 1. The zero-order valence-corrected chi connectivity index (χ0v) is 18.1.